The summed E-state index contributed by atoms with van der Waals surface area (Å²) in [6.07, 6.45) is 0.416. The van der Waals surface area contributed by atoms with E-state index in [4.69, 9.17) is 4.52 Å². The molecule has 5 heteroatoms. The number of aryl methyl sites for hydroxylation is 1. The Balaban J connectivity index is 1.44. The lowest BCUT2D eigenvalue weighted by Crippen LogP contribution is -2.24. The van der Waals surface area contributed by atoms with E-state index >= 15 is 0 Å². The first kappa shape index (κ1) is 18.4. The van der Waals surface area contributed by atoms with Crippen molar-refractivity contribution in [3.05, 3.63) is 71.1 Å². The Labute approximate surface area is 165 Å². The number of benzene rings is 2. The minimum Gasteiger partial charge on any atom is -0.339 e. The van der Waals surface area contributed by atoms with Crippen LogP contribution in [0, 0.1) is 6.92 Å². The molecule has 144 valence electrons. The van der Waals surface area contributed by atoms with Crippen LogP contribution in [0.3, 0.4) is 0 Å². The fraction of sp³-hybridized carbons (Fsp3) is 0.348. The highest BCUT2D eigenvalue weighted by Gasteiger charge is 2.34. The van der Waals surface area contributed by atoms with E-state index in [0.29, 0.717) is 37.1 Å². The lowest BCUT2D eigenvalue weighted by molar-refractivity contribution is -0.128. The van der Waals surface area contributed by atoms with E-state index in [1.807, 2.05) is 36.1 Å². The van der Waals surface area contributed by atoms with Crippen LogP contribution in [0.1, 0.15) is 54.7 Å². The van der Waals surface area contributed by atoms with Crippen LogP contribution in [-0.2, 0) is 11.3 Å². The second-order valence-corrected chi connectivity index (χ2v) is 7.89. The summed E-state index contributed by atoms with van der Waals surface area (Å²) in [6.45, 7) is 7.63. The Bertz CT molecular complexity index is 958. The summed E-state index contributed by atoms with van der Waals surface area (Å²) in [4.78, 5) is 18.9. The quantitative estimate of drug-likeness (QED) is 0.649. The van der Waals surface area contributed by atoms with Gasteiger partial charge >= 0.3 is 0 Å². The molecule has 0 saturated carbocycles. The average Bonchev–Trinajstić information content (AvgIpc) is 3.30. The molecule has 1 saturated heterocycles. The number of aromatic nitrogens is 2. The first-order chi connectivity index (χ1) is 13.5. The molecule has 0 spiro atoms. The second kappa shape index (κ2) is 7.58. The molecule has 2 heterocycles. The number of likely N-dealkylation sites (tertiary alicyclic amines) is 1. The van der Waals surface area contributed by atoms with Gasteiger partial charge in [0.05, 0.1) is 5.92 Å². The number of hydrogen-bond donors (Lipinski definition) is 0. The van der Waals surface area contributed by atoms with Gasteiger partial charge in [-0.2, -0.15) is 4.98 Å². The molecule has 1 aliphatic rings. The van der Waals surface area contributed by atoms with Gasteiger partial charge < -0.3 is 9.42 Å². The molecular weight excluding hydrogens is 350 g/mol. The molecule has 0 bridgehead atoms. The third kappa shape index (κ3) is 3.84. The maximum absolute atomic E-state index is 12.5. The summed E-state index contributed by atoms with van der Waals surface area (Å²) < 4.78 is 5.48. The van der Waals surface area contributed by atoms with Gasteiger partial charge in [-0.05, 0) is 24.0 Å². The van der Waals surface area contributed by atoms with Crippen molar-refractivity contribution < 1.29 is 9.32 Å². The molecule has 3 aromatic rings. The molecule has 1 aromatic heterocycles. The van der Waals surface area contributed by atoms with Gasteiger partial charge in [0.1, 0.15) is 0 Å². The molecule has 1 aliphatic heterocycles. The van der Waals surface area contributed by atoms with Crippen LogP contribution in [0.25, 0.3) is 11.4 Å². The van der Waals surface area contributed by atoms with Gasteiger partial charge in [0.2, 0.25) is 17.6 Å². The van der Waals surface area contributed by atoms with Gasteiger partial charge in [-0.3, -0.25) is 4.79 Å². The third-order valence-electron chi connectivity index (χ3n) is 5.34. The molecule has 0 radical (unpaired) electrons. The zero-order chi connectivity index (χ0) is 19.7. The first-order valence-electron chi connectivity index (χ1n) is 9.77. The van der Waals surface area contributed by atoms with Crippen molar-refractivity contribution >= 4 is 5.91 Å². The summed E-state index contributed by atoms with van der Waals surface area (Å²) >= 11 is 0. The lowest BCUT2D eigenvalue weighted by Gasteiger charge is -2.16. The van der Waals surface area contributed by atoms with Crippen molar-refractivity contribution in [1.29, 1.82) is 0 Å². The highest BCUT2D eigenvalue weighted by molar-refractivity contribution is 5.79. The fourth-order valence-corrected chi connectivity index (χ4v) is 3.54. The standard InChI is InChI=1S/C23H25N3O2/c1-15(2)18-10-6-17(7-11-18)13-26-14-20(12-21(26)27)23-24-22(25-28-23)19-8-4-16(3)5-9-19/h4-11,15,20H,12-14H2,1-3H3. The number of nitrogens with zero attached hydrogens (tertiary/aromatic N) is 3. The van der Waals surface area contributed by atoms with Gasteiger partial charge in [-0.15, -0.1) is 0 Å². The summed E-state index contributed by atoms with van der Waals surface area (Å²) in [7, 11) is 0. The van der Waals surface area contributed by atoms with Crippen molar-refractivity contribution in [1.82, 2.24) is 15.0 Å². The number of hydrogen-bond acceptors (Lipinski definition) is 4. The van der Waals surface area contributed by atoms with Crippen LogP contribution in [0.5, 0.6) is 0 Å². The van der Waals surface area contributed by atoms with Gasteiger partial charge in [-0.1, -0.05) is 73.1 Å². The maximum Gasteiger partial charge on any atom is 0.232 e. The molecule has 1 unspecified atom stereocenters. The van der Waals surface area contributed by atoms with E-state index in [0.717, 1.165) is 11.1 Å². The van der Waals surface area contributed by atoms with Crippen LogP contribution in [0.2, 0.25) is 0 Å². The van der Waals surface area contributed by atoms with E-state index in [2.05, 4.69) is 48.3 Å². The van der Waals surface area contributed by atoms with Gasteiger partial charge in [0, 0.05) is 25.1 Å². The van der Waals surface area contributed by atoms with Crippen molar-refractivity contribution in [2.75, 3.05) is 6.54 Å². The van der Waals surface area contributed by atoms with Gasteiger partial charge in [-0.25, -0.2) is 0 Å². The fourth-order valence-electron chi connectivity index (χ4n) is 3.54. The topological polar surface area (TPSA) is 59.2 Å². The normalized spacial score (nSPS) is 16.9. The highest BCUT2D eigenvalue weighted by atomic mass is 16.5. The molecule has 1 fully saturated rings. The summed E-state index contributed by atoms with van der Waals surface area (Å²) in [5.41, 5.74) is 4.56. The molecule has 1 amide bonds. The number of amides is 1. The minimum atomic E-state index is -0.0471. The maximum atomic E-state index is 12.5. The van der Waals surface area contributed by atoms with Crippen molar-refractivity contribution in [2.24, 2.45) is 0 Å². The Morgan fingerprint density at radius 1 is 1.11 bits per heavy atom. The molecule has 2 aromatic carbocycles. The average molecular weight is 375 g/mol. The van der Waals surface area contributed by atoms with Crippen LogP contribution >= 0.6 is 0 Å². The molecule has 5 nitrogen and oxygen atoms in total. The molecule has 0 N–H and O–H groups in total. The molecule has 28 heavy (non-hydrogen) atoms. The van der Waals surface area contributed by atoms with E-state index in [9.17, 15) is 4.79 Å². The molecule has 4 rings (SSSR count). The van der Waals surface area contributed by atoms with E-state index < -0.39 is 0 Å². The molecular formula is C23H25N3O2. The first-order valence-corrected chi connectivity index (χ1v) is 9.77. The van der Waals surface area contributed by atoms with Crippen LogP contribution < -0.4 is 0 Å². The zero-order valence-corrected chi connectivity index (χ0v) is 16.6. The number of carbonyl (C=O) groups is 1. The lowest BCUT2D eigenvalue weighted by atomic mass is 10.0. The van der Waals surface area contributed by atoms with Crippen molar-refractivity contribution in [3.8, 4) is 11.4 Å². The predicted octanol–water partition coefficient (Wildman–Crippen LogP) is 4.68. The van der Waals surface area contributed by atoms with E-state index in [1.54, 1.807) is 0 Å². The summed E-state index contributed by atoms with van der Waals surface area (Å²) in [5, 5.41) is 4.10. The Morgan fingerprint density at radius 3 is 2.50 bits per heavy atom. The van der Waals surface area contributed by atoms with Crippen LogP contribution in [0.4, 0.5) is 0 Å². The minimum absolute atomic E-state index is 0.0471. The SMILES string of the molecule is Cc1ccc(-c2noc(C3CC(=O)N(Cc4ccc(C(C)C)cc4)C3)n2)cc1. The van der Waals surface area contributed by atoms with Crippen LogP contribution in [0.15, 0.2) is 53.1 Å². The zero-order valence-electron chi connectivity index (χ0n) is 16.6. The van der Waals surface area contributed by atoms with Crippen LogP contribution in [-0.4, -0.2) is 27.5 Å². The third-order valence-corrected chi connectivity index (χ3v) is 5.34. The Morgan fingerprint density at radius 2 is 1.82 bits per heavy atom. The largest absolute Gasteiger partial charge is 0.339 e. The molecule has 1 atom stereocenters. The van der Waals surface area contributed by atoms with Gasteiger partial charge in [0.15, 0.2) is 0 Å². The number of rotatable bonds is 5. The highest BCUT2D eigenvalue weighted by Crippen LogP contribution is 2.30. The van der Waals surface area contributed by atoms with E-state index in [-0.39, 0.29) is 11.8 Å². The van der Waals surface area contributed by atoms with E-state index in [1.165, 1.54) is 11.1 Å². The summed E-state index contributed by atoms with van der Waals surface area (Å²) in [6, 6.07) is 16.5. The number of carbonyl (C=O) groups excluding carboxylic acids is 1. The van der Waals surface area contributed by atoms with Crippen molar-refractivity contribution in [3.63, 3.8) is 0 Å². The smallest absolute Gasteiger partial charge is 0.232 e. The van der Waals surface area contributed by atoms with Crippen molar-refractivity contribution in [2.45, 2.75) is 45.6 Å². The monoisotopic (exact) mass is 375 g/mol. The molecule has 0 aliphatic carbocycles. The Hall–Kier alpha value is -2.95. The summed E-state index contributed by atoms with van der Waals surface area (Å²) in [5.74, 6) is 1.71. The predicted molar refractivity (Wildman–Crippen MR) is 108 cm³/mol. The Kier molecular flexibility index (Phi) is 4.99. The second-order valence-electron chi connectivity index (χ2n) is 7.89. The van der Waals surface area contributed by atoms with Gasteiger partial charge in [0.25, 0.3) is 0 Å².